The van der Waals surface area contributed by atoms with Gasteiger partial charge in [-0.1, -0.05) is 141 Å². The molecule has 32 heavy (non-hydrogen) atoms. The van der Waals surface area contributed by atoms with Crippen molar-refractivity contribution < 1.29 is 0 Å². The molecule has 1 nitrogen and oxygen atoms in total. The van der Waals surface area contributed by atoms with Crippen molar-refractivity contribution in [3.8, 4) is 0 Å². The van der Waals surface area contributed by atoms with Gasteiger partial charge in [0.05, 0.1) is 0 Å². The highest BCUT2D eigenvalue weighted by molar-refractivity contribution is 5.30. The number of hydrogen-bond acceptors (Lipinski definition) is 1. The standard InChI is InChI=1S/C31H37N/c1-3-7-12-18-24-30(25-19-13-8-4-1)26-20-14-11-17-23-29-32-31-27-21-15-9-5-2-6-10-16-22-28-31/h1-10,12-13,15-16,18-19,21-22,24-25,27-28,32H,11,14,17,20,23,26,29H2/b3-1-,4-1?,5-2-,6-2?,7-3?,8-4-,9-5?,10-6-,12-7-,13-8?,15-9-,16-10?,18-12?,19-13-,21-15?,22-16-,24-18-,25-19?,27-21-,28-22?,30-24?,30-25+,31-27?,31-28+. The summed E-state index contributed by atoms with van der Waals surface area (Å²) in [6.45, 7) is 1.01. The van der Waals surface area contributed by atoms with E-state index in [0.717, 1.165) is 18.7 Å². The molecule has 0 saturated carbocycles. The van der Waals surface area contributed by atoms with Crippen LogP contribution in [0, 0.1) is 0 Å². The van der Waals surface area contributed by atoms with Gasteiger partial charge in [-0.05, 0) is 37.0 Å². The van der Waals surface area contributed by atoms with E-state index in [-0.39, 0.29) is 0 Å². The van der Waals surface area contributed by atoms with Gasteiger partial charge in [0, 0.05) is 12.2 Å². The third-order valence-corrected chi connectivity index (χ3v) is 4.92. The van der Waals surface area contributed by atoms with Gasteiger partial charge < -0.3 is 5.32 Å². The molecule has 0 heterocycles. The fourth-order valence-electron chi connectivity index (χ4n) is 3.19. The van der Waals surface area contributed by atoms with Crippen LogP contribution in [0.1, 0.15) is 38.5 Å². The molecule has 0 spiro atoms. The van der Waals surface area contributed by atoms with Crippen molar-refractivity contribution >= 4 is 0 Å². The zero-order valence-corrected chi connectivity index (χ0v) is 19.2. The highest BCUT2D eigenvalue weighted by Crippen LogP contribution is 2.13. The summed E-state index contributed by atoms with van der Waals surface area (Å²) >= 11 is 0. The van der Waals surface area contributed by atoms with Crippen LogP contribution < -0.4 is 5.32 Å². The molecule has 0 atom stereocenters. The minimum absolute atomic E-state index is 1.01. The third-order valence-electron chi connectivity index (χ3n) is 4.92. The Morgan fingerprint density at radius 3 is 1.53 bits per heavy atom. The Labute approximate surface area is 195 Å². The normalized spacial score (nSPS) is 29.4. The van der Waals surface area contributed by atoms with Gasteiger partial charge in [0.1, 0.15) is 0 Å². The molecule has 2 aliphatic carbocycles. The summed E-state index contributed by atoms with van der Waals surface area (Å²) in [6.07, 6.45) is 53.2. The van der Waals surface area contributed by atoms with Crippen LogP contribution in [0.3, 0.4) is 0 Å². The number of hydrogen-bond donors (Lipinski definition) is 1. The highest BCUT2D eigenvalue weighted by Gasteiger charge is 1.95. The molecule has 166 valence electrons. The lowest BCUT2D eigenvalue weighted by Gasteiger charge is -2.07. The predicted molar refractivity (Wildman–Crippen MR) is 143 cm³/mol. The average molecular weight is 424 g/mol. The molecule has 0 fully saturated rings. The molecule has 2 aliphatic rings. The molecule has 0 bridgehead atoms. The summed E-state index contributed by atoms with van der Waals surface area (Å²) in [5.74, 6) is 0. The Bertz CT molecular complexity index is 799. The lowest BCUT2D eigenvalue weighted by atomic mass is 10.0. The predicted octanol–water partition coefficient (Wildman–Crippen LogP) is 8.32. The zero-order valence-electron chi connectivity index (χ0n) is 19.2. The van der Waals surface area contributed by atoms with E-state index in [1.54, 1.807) is 0 Å². The first-order valence-electron chi connectivity index (χ1n) is 11.8. The van der Waals surface area contributed by atoms with E-state index in [1.165, 1.54) is 37.7 Å². The van der Waals surface area contributed by atoms with Crippen molar-refractivity contribution in [2.45, 2.75) is 38.5 Å². The van der Waals surface area contributed by atoms with Crippen LogP contribution in [0.25, 0.3) is 0 Å². The molecule has 0 aromatic rings. The Kier molecular flexibility index (Phi) is 14.4. The van der Waals surface area contributed by atoms with Gasteiger partial charge in [-0.2, -0.15) is 0 Å². The van der Waals surface area contributed by atoms with E-state index in [1.807, 2.05) is 48.6 Å². The number of nitrogens with one attached hydrogen (secondary N) is 1. The van der Waals surface area contributed by atoms with Crippen LogP contribution >= 0.6 is 0 Å². The second kappa shape index (κ2) is 18.4. The van der Waals surface area contributed by atoms with Gasteiger partial charge in [-0.15, -0.1) is 0 Å². The molecule has 0 aromatic carbocycles. The van der Waals surface area contributed by atoms with E-state index in [0.29, 0.717) is 0 Å². The Morgan fingerprint density at radius 2 is 0.875 bits per heavy atom. The van der Waals surface area contributed by atoms with Gasteiger partial charge in [-0.25, -0.2) is 0 Å². The van der Waals surface area contributed by atoms with Gasteiger partial charge in [0.15, 0.2) is 0 Å². The maximum absolute atomic E-state index is 3.55. The lowest BCUT2D eigenvalue weighted by Crippen LogP contribution is -2.13. The van der Waals surface area contributed by atoms with E-state index in [9.17, 15) is 0 Å². The zero-order chi connectivity index (χ0) is 22.4. The highest BCUT2D eigenvalue weighted by atomic mass is 14.9. The van der Waals surface area contributed by atoms with Crippen molar-refractivity contribution in [3.63, 3.8) is 0 Å². The van der Waals surface area contributed by atoms with Crippen LogP contribution in [0.2, 0.25) is 0 Å². The molecule has 0 radical (unpaired) electrons. The van der Waals surface area contributed by atoms with Gasteiger partial charge >= 0.3 is 0 Å². The van der Waals surface area contributed by atoms with Gasteiger partial charge in [0.25, 0.3) is 0 Å². The topological polar surface area (TPSA) is 12.0 Å². The lowest BCUT2D eigenvalue weighted by molar-refractivity contribution is 0.600. The quantitative estimate of drug-likeness (QED) is 0.368. The first-order valence-corrected chi connectivity index (χ1v) is 11.8. The van der Waals surface area contributed by atoms with Crippen molar-refractivity contribution in [1.29, 1.82) is 0 Å². The summed E-state index contributed by atoms with van der Waals surface area (Å²) in [5, 5.41) is 3.55. The van der Waals surface area contributed by atoms with E-state index < -0.39 is 0 Å². The molecule has 0 amide bonds. The number of unbranched alkanes of at least 4 members (excludes halogenated alkanes) is 4. The second-order valence-electron chi connectivity index (χ2n) is 7.61. The summed E-state index contributed by atoms with van der Waals surface area (Å²) in [7, 11) is 0. The molecule has 0 aromatic heterocycles. The molecular formula is C31H37N. The van der Waals surface area contributed by atoms with Crippen molar-refractivity contribution in [3.05, 3.63) is 145 Å². The molecule has 1 heteroatoms. The Balaban J connectivity index is 1.64. The second-order valence-corrected chi connectivity index (χ2v) is 7.61. The fraction of sp³-hybridized carbons (Fsp3) is 0.226. The first kappa shape index (κ1) is 24.9. The van der Waals surface area contributed by atoms with E-state index in [4.69, 9.17) is 0 Å². The number of rotatable bonds is 9. The first-order chi connectivity index (χ1) is 15.9. The van der Waals surface area contributed by atoms with Crippen molar-refractivity contribution in [2.24, 2.45) is 0 Å². The maximum Gasteiger partial charge on any atom is 0.0340 e. The van der Waals surface area contributed by atoms with Gasteiger partial charge in [-0.3, -0.25) is 0 Å². The SMILES string of the molecule is C1=C\C=C/C=C\C(CCCCCCCNC2=C/C=C\C=C/C=C\C=C/C=C\2)=C/C=C\C=C/1. The Hall–Kier alpha value is -3.32. The van der Waals surface area contributed by atoms with Crippen molar-refractivity contribution in [1.82, 2.24) is 5.32 Å². The molecule has 0 aliphatic heterocycles. The molecule has 0 unspecified atom stereocenters. The van der Waals surface area contributed by atoms with Crippen LogP contribution in [0.15, 0.2) is 145 Å². The van der Waals surface area contributed by atoms with Crippen molar-refractivity contribution in [2.75, 3.05) is 6.54 Å². The van der Waals surface area contributed by atoms with Crippen LogP contribution in [0.4, 0.5) is 0 Å². The largest absolute Gasteiger partial charge is 0.385 e. The van der Waals surface area contributed by atoms with Crippen LogP contribution in [-0.4, -0.2) is 6.54 Å². The van der Waals surface area contributed by atoms with E-state index >= 15 is 0 Å². The summed E-state index contributed by atoms with van der Waals surface area (Å²) < 4.78 is 0. The monoisotopic (exact) mass is 423 g/mol. The fourth-order valence-corrected chi connectivity index (χ4v) is 3.19. The summed E-state index contributed by atoms with van der Waals surface area (Å²) in [5.41, 5.74) is 2.54. The van der Waals surface area contributed by atoms with E-state index in [2.05, 4.69) is 90.4 Å². The smallest absolute Gasteiger partial charge is 0.0340 e. The van der Waals surface area contributed by atoms with Gasteiger partial charge in [0.2, 0.25) is 0 Å². The Morgan fingerprint density at radius 1 is 0.406 bits per heavy atom. The average Bonchev–Trinajstić information content (AvgIpc) is 2.78. The summed E-state index contributed by atoms with van der Waals surface area (Å²) in [4.78, 5) is 0. The third kappa shape index (κ3) is 13.8. The minimum Gasteiger partial charge on any atom is -0.385 e. The molecule has 2 rings (SSSR count). The molecule has 0 saturated heterocycles. The molecule has 1 N–H and O–H groups in total. The number of allylic oxidation sites excluding steroid dienone is 23. The molecular weight excluding hydrogens is 386 g/mol. The van der Waals surface area contributed by atoms with Crippen LogP contribution in [-0.2, 0) is 0 Å². The maximum atomic E-state index is 3.55. The summed E-state index contributed by atoms with van der Waals surface area (Å²) in [6, 6.07) is 0. The van der Waals surface area contributed by atoms with Crippen LogP contribution in [0.5, 0.6) is 0 Å². The minimum atomic E-state index is 1.01.